The van der Waals surface area contributed by atoms with Crippen LogP contribution in [0.4, 0.5) is 13.2 Å². The van der Waals surface area contributed by atoms with E-state index in [1.165, 1.54) is 6.92 Å². The Labute approximate surface area is 80.0 Å². The van der Waals surface area contributed by atoms with E-state index in [1.54, 1.807) is 0 Å². The molecule has 0 radical (unpaired) electrons. The first-order valence-electron chi connectivity index (χ1n) is 4.01. The minimum atomic E-state index is -1.24. The Bertz CT molecular complexity index is 374. The van der Waals surface area contributed by atoms with Crippen LogP contribution in [0.25, 0.3) is 0 Å². The van der Waals surface area contributed by atoms with E-state index in [2.05, 4.69) is 6.58 Å². The zero-order valence-corrected chi connectivity index (χ0v) is 7.65. The molecule has 0 heterocycles. The molecule has 0 aliphatic heterocycles. The van der Waals surface area contributed by atoms with E-state index in [4.69, 9.17) is 5.73 Å². The second-order valence-corrected chi connectivity index (χ2v) is 2.98. The molecule has 0 aliphatic rings. The summed E-state index contributed by atoms with van der Waals surface area (Å²) in [6, 6.07) is -0.123. The zero-order chi connectivity index (χ0) is 10.9. The molecule has 0 spiro atoms. The summed E-state index contributed by atoms with van der Waals surface area (Å²) in [6.07, 6.45) is 1.15. The van der Waals surface area contributed by atoms with Crippen molar-refractivity contribution in [3.63, 3.8) is 0 Å². The molecule has 0 saturated heterocycles. The molecule has 0 amide bonds. The molecule has 0 saturated carbocycles. The lowest BCUT2D eigenvalue weighted by Gasteiger charge is -2.11. The Morgan fingerprint density at radius 2 is 1.93 bits per heavy atom. The van der Waals surface area contributed by atoms with Crippen LogP contribution in [0.15, 0.2) is 18.7 Å². The quantitative estimate of drug-likeness (QED) is 0.577. The molecule has 0 bridgehead atoms. The van der Waals surface area contributed by atoms with Gasteiger partial charge in [0, 0.05) is 5.56 Å². The Morgan fingerprint density at radius 3 is 2.43 bits per heavy atom. The van der Waals surface area contributed by atoms with Gasteiger partial charge in [-0.25, -0.2) is 13.2 Å². The van der Waals surface area contributed by atoms with Gasteiger partial charge in [0.05, 0.1) is 6.04 Å². The van der Waals surface area contributed by atoms with E-state index < -0.39 is 29.1 Å². The zero-order valence-electron chi connectivity index (χ0n) is 7.65. The second kappa shape index (κ2) is 3.84. The summed E-state index contributed by atoms with van der Waals surface area (Å²) in [6.45, 7) is 4.57. The summed E-state index contributed by atoms with van der Waals surface area (Å²) in [5, 5.41) is 0. The third-order valence-electron chi connectivity index (χ3n) is 1.96. The average Bonchev–Trinajstić information content (AvgIpc) is 2.14. The second-order valence-electron chi connectivity index (χ2n) is 2.98. The Morgan fingerprint density at radius 1 is 1.36 bits per heavy atom. The van der Waals surface area contributed by atoms with Crippen molar-refractivity contribution in [3.05, 3.63) is 47.3 Å². The van der Waals surface area contributed by atoms with Crippen LogP contribution in [0, 0.1) is 24.4 Å². The summed E-state index contributed by atoms with van der Waals surface area (Å²) in [7, 11) is 0. The number of benzene rings is 1. The van der Waals surface area contributed by atoms with Crippen LogP contribution in [0.5, 0.6) is 0 Å². The molecule has 0 fully saturated rings. The van der Waals surface area contributed by atoms with Crippen molar-refractivity contribution in [2.45, 2.75) is 13.0 Å². The van der Waals surface area contributed by atoms with E-state index in [1.807, 2.05) is 0 Å². The van der Waals surface area contributed by atoms with Crippen LogP contribution in [0.2, 0.25) is 0 Å². The minimum Gasteiger partial charge on any atom is -0.321 e. The van der Waals surface area contributed by atoms with E-state index >= 15 is 0 Å². The lowest BCUT2D eigenvalue weighted by Crippen LogP contribution is -2.13. The van der Waals surface area contributed by atoms with Crippen molar-refractivity contribution in [1.29, 1.82) is 0 Å². The number of halogens is 3. The average molecular weight is 201 g/mol. The summed E-state index contributed by atoms with van der Waals surface area (Å²) in [5.41, 5.74) is 4.78. The van der Waals surface area contributed by atoms with Crippen molar-refractivity contribution in [2.75, 3.05) is 0 Å². The lowest BCUT2D eigenvalue weighted by molar-refractivity contribution is 0.469. The summed E-state index contributed by atoms with van der Waals surface area (Å²) >= 11 is 0. The topological polar surface area (TPSA) is 26.0 Å². The van der Waals surface area contributed by atoms with Gasteiger partial charge < -0.3 is 5.73 Å². The van der Waals surface area contributed by atoms with Crippen molar-refractivity contribution in [1.82, 2.24) is 0 Å². The van der Waals surface area contributed by atoms with Gasteiger partial charge in [-0.15, -0.1) is 6.58 Å². The van der Waals surface area contributed by atoms with Gasteiger partial charge in [-0.2, -0.15) is 0 Å². The summed E-state index contributed by atoms with van der Waals surface area (Å²) < 4.78 is 39.4. The predicted octanol–water partition coefficient (Wildman–Crippen LogP) is 2.60. The third kappa shape index (κ3) is 1.65. The maximum Gasteiger partial charge on any atom is 0.167 e. The van der Waals surface area contributed by atoms with Crippen LogP contribution in [-0.4, -0.2) is 0 Å². The fourth-order valence-corrected chi connectivity index (χ4v) is 1.15. The van der Waals surface area contributed by atoms with Gasteiger partial charge in [0.25, 0.3) is 0 Å². The Hall–Kier alpha value is -1.29. The molecule has 1 rings (SSSR count). The molecule has 1 aromatic rings. The van der Waals surface area contributed by atoms with Crippen molar-refractivity contribution in [2.24, 2.45) is 5.73 Å². The van der Waals surface area contributed by atoms with E-state index in [0.29, 0.717) is 0 Å². The highest BCUT2D eigenvalue weighted by molar-refractivity contribution is 5.31. The normalized spacial score (nSPS) is 12.6. The van der Waals surface area contributed by atoms with E-state index in [0.717, 1.165) is 12.1 Å². The molecule has 76 valence electrons. The Kier molecular flexibility index (Phi) is 2.96. The molecule has 1 atom stereocenters. The molecule has 1 unspecified atom stereocenters. The van der Waals surface area contributed by atoms with Crippen molar-refractivity contribution >= 4 is 0 Å². The molecule has 14 heavy (non-hydrogen) atoms. The molecule has 4 heteroatoms. The first-order chi connectivity index (χ1) is 6.49. The van der Waals surface area contributed by atoms with Crippen LogP contribution < -0.4 is 5.73 Å². The highest BCUT2D eigenvalue weighted by atomic mass is 19.2. The van der Waals surface area contributed by atoms with E-state index in [-0.39, 0.29) is 5.56 Å². The SMILES string of the molecule is C=CC(N)c1c(F)cc(C)c(F)c1F. The number of hydrogen-bond donors (Lipinski definition) is 1. The fourth-order valence-electron chi connectivity index (χ4n) is 1.15. The third-order valence-corrected chi connectivity index (χ3v) is 1.96. The van der Waals surface area contributed by atoms with Gasteiger partial charge >= 0.3 is 0 Å². The van der Waals surface area contributed by atoms with Gasteiger partial charge in [-0.05, 0) is 18.6 Å². The number of aryl methyl sites for hydroxylation is 1. The number of rotatable bonds is 2. The maximum absolute atomic E-state index is 13.2. The number of nitrogens with two attached hydrogens (primary N) is 1. The van der Waals surface area contributed by atoms with E-state index in [9.17, 15) is 13.2 Å². The monoisotopic (exact) mass is 201 g/mol. The highest BCUT2D eigenvalue weighted by Crippen LogP contribution is 2.24. The van der Waals surface area contributed by atoms with Gasteiger partial charge in [0.2, 0.25) is 0 Å². The lowest BCUT2D eigenvalue weighted by atomic mass is 10.0. The molecular formula is C10H10F3N. The maximum atomic E-state index is 13.2. The van der Waals surface area contributed by atoms with Gasteiger partial charge in [0.1, 0.15) is 5.82 Å². The first kappa shape index (κ1) is 10.8. The highest BCUT2D eigenvalue weighted by Gasteiger charge is 2.19. The van der Waals surface area contributed by atoms with Crippen molar-refractivity contribution < 1.29 is 13.2 Å². The number of hydrogen-bond acceptors (Lipinski definition) is 1. The van der Waals surface area contributed by atoms with Crippen LogP contribution in [-0.2, 0) is 0 Å². The van der Waals surface area contributed by atoms with Gasteiger partial charge in [-0.1, -0.05) is 6.08 Å². The largest absolute Gasteiger partial charge is 0.321 e. The Balaban J connectivity index is 3.43. The van der Waals surface area contributed by atoms with Crippen molar-refractivity contribution in [3.8, 4) is 0 Å². The molecule has 0 aliphatic carbocycles. The predicted molar refractivity (Wildman–Crippen MR) is 48.2 cm³/mol. The first-order valence-corrected chi connectivity index (χ1v) is 4.01. The fraction of sp³-hybridized carbons (Fsp3) is 0.200. The van der Waals surface area contributed by atoms with Gasteiger partial charge in [-0.3, -0.25) is 0 Å². The molecule has 1 aromatic carbocycles. The molecule has 1 nitrogen and oxygen atoms in total. The van der Waals surface area contributed by atoms with Crippen LogP contribution >= 0.6 is 0 Å². The summed E-state index contributed by atoms with van der Waals surface area (Å²) in [4.78, 5) is 0. The van der Waals surface area contributed by atoms with Crippen LogP contribution in [0.3, 0.4) is 0 Å². The molecular weight excluding hydrogens is 191 g/mol. The molecule has 2 N–H and O–H groups in total. The summed E-state index contributed by atoms with van der Waals surface area (Å²) in [5.74, 6) is -3.16. The van der Waals surface area contributed by atoms with Gasteiger partial charge in [0.15, 0.2) is 11.6 Å². The molecule has 0 aromatic heterocycles. The standard InChI is InChI=1S/C10H10F3N/c1-3-7(14)8-6(11)4-5(2)9(12)10(8)13/h3-4,7H,1,14H2,2H3. The van der Waals surface area contributed by atoms with Crippen LogP contribution in [0.1, 0.15) is 17.2 Å². The smallest absolute Gasteiger partial charge is 0.167 e. The minimum absolute atomic E-state index is 0.0833.